The van der Waals surface area contributed by atoms with Crippen LogP contribution in [0.4, 0.5) is 5.69 Å². The van der Waals surface area contributed by atoms with Crippen molar-refractivity contribution in [2.75, 3.05) is 12.0 Å². The average molecular weight is 399 g/mol. The number of rotatable bonds is 5. The van der Waals surface area contributed by atoms with Gasteiger partial charge in [0.05, 0.1) is 19.2 Å². The minimum atomic E-state index is -0.287. The van der Waals surface area contributed by atoms with Crippen LogP contribution in [0.25, 0.3) is 10.9 Å². The van der Waals surface area contributed by atoms with Crippen LogP contribution in [-0.2, 0) is 6.54 Å². The van der Waals surface area contributed by atoms with Crippen molar-refractivity contribution < 1.29 is 9.53 Å². The number of aromatic amines is 1. The number of aromatic nitrogens is 2. The molecule has 0 aliphatic rings. The van der Waals surface area contributed by atoms with Crippen LogP contribution in [0, 0.1) is 6.92 Å². The molecule has 0 radical (unpaired) electrons. The Balaban J connectivity index is 1.78. The van der Waals surface area contributed by atoms with Gasteiger partial charge < -0.3 is 14.6 Å². The number of amides is 1. The number of nitrogens with zero attached hydrogens (tertiary/aromatic N) is 2. The second kappa shape index (κ2) is 8.21. The fourth-order valence-electron chi connectivity index (χ4n) is 3.39. The Morgan fingerprint density at radius 1 is 1.07 bits per heavy atom. The predicted molar refractivity (Wildman–Crippen MR) is 117 cm³/mol. The van der Waals surface area contributed by atoms with E-state index >= 15 is 0 Å². The van der Waals surface area contributed by atoms with Crippen molar-refractivity contribution in [2.45, 2.75) is 13.5 Å². The molecule has 0 fully saturated rings. The highest BCUT2D eigenvalue weighted by Crippen LogP contribution is 2.23. The number of pyridine rings is 2. The van der Waals surface area contributed by atoms with Crippen LogP contribution in [-0.4, -0.2) is 23.0 Å². The largest absolute Gasteiger partial charge is 0.497 e. The second-order valence-electron chi connectivity index (χ2n) is 6.97. The summed E-state index contributed by atoms with van der Waals surface area (Å²) in [5, 5.41) is 0.921. The average Bonchev–Trinajstić information content (AvgIpc) is 2.78. The molecule has 30 heavy (non-hydrogen) atoms. The number of hydrogen-bond donors (Lipinski definition) is 1. The summed E-state index contributed by atoms with van der Waals surface area (Å²) in [6.45, 7) is 2.06. The van der Waals surface area contributed by atoms with E-state index < -0.39 is 0 Å². The van der Waals surface area contributed by atoms with Gasteiger partial charge >= 0.3 is 0 Å². The Morgan fingerprint density at radius 3 is 2.57 bits per heavy atom. The van der Waals surface area contributed by atoms with Gasteiger partial charge in [0.15, 0.2) is 0 Å². The van der Waals surface area contributed by atoms with E-state index in [1.807, 2.05) is 31.2 Å². The molecule has 0 unspecified atom stereocenters. The molecule has 0 bridgehead atoms. The fourth-order valence-corrected chi connectivity index (χ4v) is 3.39. The highest BCUT2D eigenvalue weighted by Gasteiger charge is 2.21. The van der Waals surface area contributed by atoms with Crippen molar-refractivity contribution in [3.05, 3.63) is 100 Å². The fraction of sp³-hybridized carbons (Fsp3) is 0.125. The molecule has 4 aromatic rings. The molecule has 0 aliphatic carbocycles. The zero-order valence-corrected chi connectivity index (χ0v) is 16.8. The quantitative estimate of drug-likeness (QED) is 0.549. The molecule has 0 saturated carbocycles. The highest BCUT2D eigenvalue weighted by molar-refractivity contribution is 6.04. The number of nitrogens with one attached hydrogen (secondary N) is 1. The van der Waals surface area contributed by atoms with Gasteiger partial charge in [0, 0.05) is 17.4 Å². The first-order chi connectivity index (χ1) is 14.6. The minimum absolute atomic E-state index is 0.112. The maximum Gasteiger partial charge on any atom is 0.277 e. The van der Waals surface area contributed by atoms with Crippen LogP contribution in [0.15, 0.2) is 77.7 Å². The number of anilines is 1. The van der Waals surface area contributed by atoms with Crippen LogP contribution in [0.3, 0.4) is 0 Å². The van der Waals surface area contributed by atoms with Gasteiger partial charge in [-0.3, -0.25) is 14.6 Å². The van der Waals surface area contributed by atoms with E-state index in [1.165, 1.54) is 0 Å². The molecule has 2 aromatic carbocycles. The SMILES string of the molecule is COc1ccc(N(Cc2cc3cccc(C)c3[nH]c2=O)C(=O)c2ccccn2)cc1. The number of aryl methyl sites for hydroxylation is 1. The molecule has 0 saturated heterocycles. The van der Waals surface area contributed by atoms with E-state index in [2.05, 4.69) is 9.97 Å². The summed E-state index contributed by atoms with van der Waals surface area (Å²) >= 11 is 0. The van der Waals surface area contributed by atoms with E-state index in [4.69, 9.17) is 4.74 Å². The van der Waals surface area contributed by atoms with Gasteiger partial charge in [0.25, 0.3) is 11.5 Å². The Labute approximate surface area is 173 Å². The third-order valence-corrected chi connectivity index (χ3v) is 5.01. The first kappa shape index (κ1) is 19.4. The lowest BCUT2D eigenvalue weighted by atomic mass is 10.1. The molecular weight excluding hydrogens is 378 g/mol. The van der Waals surface area contributed by atoms with Gasteiger partial charge in [0.2, 0.25) is 0 Å². The summed E-state index contributed by atoms with van der Waals surface area (Å²) in [5.74, 6) is 0.396. The Bertz CT molecular complexity index is 1250. The van der Waals surface area contributed by atoms with Crippen molar-refractivity contribution in [3.8, 4) is 5.75 Å². The number of para-hydroxylation sites is 1. The van der Waals surface area contributed by atoms with Crippen LogP contribution < -0.4 is 15.2 Å². The van der Waals surface area contributed by atoms with Gasteiger partial charge in [-0.25, -0.2) is 0 Å². The number of carbonyl (C=O) groups excluding carboxylic acids is 1. The summed E-state index contributed by atoms with van der Waals surface area (Å²) in [6.07, 6.45) is 1.57. The molecule has 6 heteroatoms. The van der Waals surface area contributed by atoms with Gasteiger partial charge in [-0.1, -0.05) is 24.3 Å². The summed E-state index contributed by atoms with van der Waals surface area (Å²) in [5.41, 5.74) is 3.03. The number of carbonyl (C=O) groups is 1. The molecule has 6 nitrogen and oxygen atoms in total. The first-order valence-corrected chi connectivity index (χ1v) is 9.55. The van der Waals surface area contributed by atoms with E-state index in [1.54, 1.807) is 60.7 Å². The Hall–Kier alpha value is -3.93. The lowest BCUT2D eigenvalue weighted by Crippen LogP contribution is -2.33. The van der Waals surface area contributed by atoms with E-state index in [0.29, 0.717) is 22.7 Å². The van der Waals surface area contributed by atoms with Crippen LogP contribution >= 0.6 is 0 Å². The molecular formula is C24H21N3O3. The van der Waals surface area contributed by atoms with Gasteiger partial charge in [-0.2, -0.15) is 0 Å². The molecule has 4 rings (SSSR count). The van der Waals surface area contributed by atoms with Crippen molar-refractivity contribution in [1.29, 1.82) is 0 Å². The molecule has 2 aromatic heterocycles. The monoisotopic (exact) mass is 399 g/mol. The van der Waals surface area contributed by atoms with E-state index in [-0.39, 0.29) is 18.0 Å². The molecule has 1 N–H and O–H groups in total. The Kier molecular flexibility index (Phi) is 5.30. The van der Waals surface area contributed by atoms with Gasteiger partial charge in [-0.05, 0) is 60.3 Å². The van der Waals surface area contributed by atoms with Gasteiger partial charge in [0.1, 0.15) is 11.4 Å². The smallest absolute Gasteiger partial charge is 0.277 e. The van der Waals surface area contributed by atoms with Crippen molar-refractivity contribution in [2.24, 2.45) is 0 Å². The number of ether oxygens (including phenoxy) is 1. The van der Waals surface area contributed by atoms with Gasteiger partial charge in [-0.15, -0.1) is 0 Å². The summed E-state index contributed by atoms with van der Waals surface area (Å²) in [4.78, 5) is 34.7. The predicted octanol–water partition coefficient (Wildman–Crippen LogP) is 4.09. The van der Waals surface area contributed by atoms with E-state index in [0.717, 1.165) is 16.5 Å². The van der Waals surface area contributed by atoms with Crippen molar-refractivity contribution in [3.63, 3.8) is 0 Å². The van der Waals surface area contributed by atoms with Crippen molar-refractivity contribution in [1.82, 2.24) is 9.97 Å². The van der Waals surface area contributed by atoms with E-state index in [9.17, 15) is 9.59 Å². The maximum atomic E-state index is 13.3. The lowest BCUT2D eigenvalue weighted by Gasteiger charge is -2.23. The van der Waals surface area contributed by atoms with Crippen molar-refractivity contribution >= 4 is 22.5 Å². The normalized spacial score (nSPS) is 10.7. The summed E-state index contributed by atoms with van der Waals surface area (Å²) < 4.78 is 5.22. The third kappa shape index (κ3) is 3.80. The molecule has 1 amide bonds. The molecule has 0 atom stereocenters. The molecule has 150 valence electrons. The number of H-pyrrole nitrogens is 1. The number of benzene rings is 2. The first-order valence-electron chi connectivity index (χ1n) is 9.55. The molecule has 0 spiro atoms. The molecule has 2 heterocycles. The van der Waals surface area contributed by atoms with Crippen LogP contribution in [0.2, 0.25) is 0 Å². The standard InChI is InChI=1S/C24H21N3O3/c1-16-6-5-7-17-14-18(23(28)26-22(16)17)15-27(19-9-11-20(30-2)12-10-19)24(29)21-8-3-4-13-25-21/h3-14H,15H2,1-2H3,(H,26,28). The lowest BCUT2D eigenvalue weighted by molar-refractivity contribution is 0.0980. The maximum absolute atomic E-state index is 13.3. The highest BCUT2D eigenvalue weighted by atomic mass is 16.5. The second-order valence-corrected chi connectivity index (χ2v) is 6.97. The zero-order chi connectivity index (χ0) is 21.1. The third-order valence-electron chi connectivity index (χ3n) is 5.01. The number of hydrogen-bond acceptors (Lipinski definition) is 4. The Morgan fingerprint density at radius 2 is 1.87 bits per heavy atom. The number of methoxy groups -OCH3 is 1. The zero-order valence-electron chi connectivity index (χ0n) is 16.8. The summed E-state index contributed by atoms with van der Waals surface area (Å²) in [6, 6.07) is 20.0. The minimum Gasteiger partial charge on any atom is -0.497 e. The van der Waals surface area contributed by atoms with Crippen LogP contribution in [0.1, 0.15) is 21.6 Å². The topological polar surface area (TPSA) is 75.3 Å². The van der Waals surface area contributed by atoms with Crippen LogP contribution in [0.5, 0.6) is 5.75 Å². The molecule has 0 aliphatic heterocycles. The number of fused-ring (bicyclic) bond motifs is 1. The summed E-state index contributed by atoms with van der Waals surface area (Å²) in [7, 11) is 1.59.